The van der Waals surface area contributed by atoms with Crippen LogP contribution in [0.15, 0.2) is 48.5 Å². The lowest BCUT2D eigenvalue weighted by atomic mass is 10.1. The van der Waals surface area contributed by atoms with Crippen LogP contribution in [0.2, 0.25) is 0 Å². The number of benzene rings is 2. The van der Waals surface area contributed by atoms with Gasteiger partial charge in [0.2, 0.25) is 11.7 Å². The number of tetrazole rings is 1. The second-order valence-electron chi connectivity index (χ2n) is 6.59. The molecule has 0 aliphatic heterocycles. The van der Waals surface area contributed by atoms with Crippen LogP contribution in [0.4, 0.5) is 5.69 Å². The van der Waals surface area contributed by atoms with E-state index in [0.29, 0.717) is 17.1 Å². The number of aromatic nitrogens is 4. The first-order valence-corrected chi connectivity index (χ1v) is 8.86. The number of nitrogens with one attached hydrogen (secondary N) is 1. The zero-order chi connectivity index (χ0) is 20.1. The number of hydrogen-bond acceptors (Lipinski definition) is 6. The van der Waals surface area contributed by atoms with E-state index < -0.39 is 5.97 Å². The fourth-order valence-corrected chi connectivity index (χ4v) is 2.43. The van der Waals surface area contributed by atoms with Gasteiger partial charge in [0.05, 0.1) is 11.7 Å². The van der Waals surface area contributed by atoms with Gasteiger partial charge in [-0.25, -0.2) is 4.79 Å². The molecule has 8 heteroatoms. The molecule has 0 spiro atoms. The van der Waals surface area contributed by atoms with Crippen LogP contribution in [0.1, 0.15) is 29.8 Å². The Labute approximate surface area is 162 Å². The van der Waals surface area contributed by atoms with Gasteiger partial charge in [0.15, 0.2) is 0 Å². The molecule has 0 aliphatic carbocycles. The van der Waals surface area contributed by atoms with E-state index in [-0.39, 0.29) is 18.6 Å². The maximum absolute atomic E-state index is 12.2. The highest BCUT2D eigenvalue weighted by molar-refractivity contribution is 5.93. The minimum Gasteiger partial charge on any atom is -0.459 e. The smallest absolute Gasteiger partial charge is 0.338 e. The Balaban J connectivity index is 1.58. The highest BCUT2D eigenvalue weighted by Crippen LogP contribution is 2.14. The Hall–Kier alpha value is -3.55. The standard InChI is InChI=1S/C20H21N5O3/c1-13(2)28-20(27)16-8-10-17(11-9-16)21-18(26)12-25-23-19(22-24-25)15-6-4-14(3)5-7-15/h4-11,13H,12H2,1-3H3,(H,21,26). The number of nitrogens with zero attached hydrogens (tertiary/aromatic N) is 4. The summed E-state index contributed by atoms with van der Waals surface area (Å²) in [6.07, 6.45) is -0.188. The van der Waals surface area contributed by atoms with Crippen molar-refractivity contribution in [3.8, 4) is 11.4 Å². The maximum Gasteiger partial charge on any atom is 0.338 e. The van der Waals surface area contributed by atoms with E-state index in [2.05, 4.69) is 20.7 Å². The highest BCUT2D eigenvalue weighted by atomic mass is 16.5. The summed E-state index contributed by atoms with van der Waals surface area (Å²) >= 11 is 0. The first-order chi connectivity index (χ1) is 13.4. The van der Waals surface area contributed by atoms with Crippen LogP contribution in [-0.2, 0) is 16.1 Å². The molecule has 0 saturated carbocycles. The lowest BCUT2D eigenvalue weighted by Gasteiger charge is -2.09. The molecule has 1 N–H and O–H groups in total. The minimum absolute atomic E-state index is 0.0734. The summed E-state index contributed by atoms with van der Waals surface area (Å²) in [6.45, 7) is 5.50. The summed E-state index contributed by atoms with van der Waals surface area (Å²) in [5.41, 5.74) is 2.96. The largest absolute Gasteiger partial charge is 0.459 e. The molecule has 1 heterocycles. The molecule has 0 aliphatic rings. The van der Waals surface area contributed by atoms with Crippen LogP contribution in [0, 0.1) is 6.92 Å². The van der Waals surface area contributed by atoms with E-state index in [4.69, 9.17) is 4.74 Å². The van der Waals surface area contributed by atoms with E-state index in [1.807, 2.05) is 31.2 Å². The lowest BCUT2D eigenvalue weighted by molar-refractivity contribution is -0.117. The van der Waals surface area contributed by atoms with Crippen LogP contribution in [0.5, 0.6) is 0 Å². The van der Waals surface area contributed by atoms with Gasteiger partial charge in [0, 0.05) is 11.3 Å². The molecular formula is C20H21N5O3. The normalized spacial score (nSPS) is 10.7. The monoisotopic (exact) mass is 379 g/mol. The number of ether oxygens (including phenoxy) is 1. The van der Waals surface area contributed by atoms with Crippen molar-refractivity contribution in [3.05, 3.63) is 59.7 Å². The average molecular weight is 379 g/mol. The number of carbonyl (C=O) groups excluding carboxylic acids is 2. The second kappa shape index (κ2) is 8.43. The Morgan fingerprint density at radius 3 is 2.39 bits per heavy atom. The van der Waals surface area contributed by atoms with E-state index in [1.54, 1.807) is 38.1 Å². The van der Waals surface area contributed by atoms with Crippen LogP contribution < -0.4 is 5.32 Å². The van der Waals surface area contributed by atoms with Crippen molar-refractivity contribution < 1.29 is 14.3 Å². The lowest BCUT2D eigenvalue weighted by Crippen LogP contribution is -2.20. The minimum atomic E-state index is -0.400. The average Bonchev–Trinajstić information content (AvgIpc) is 3.10. The van der Waals surface area contributed by atoms with Crippen LogP contribution in [-0.4, -0.2) is 38.2 Å². The number of carbonyl (C=O) groups is 2. The molecule has 0 radical (unpaired) electrons. The topological polar surface area (TPSA) is 99.0 Å². The van der Waals surface area contributed by atoms with Crippen molar-refractivity contribution in [2.75, 3.05) is 5.32 Å². The molecule has 1 aromatic heterocycles. The quantitative estimate of drug-likeness (QED) is 0.661. The molecule has 0 fully saturated rings. The summed E-state index contributed by atoms with van der Waals surface area (Å²) in [6, 6.07) is 14.2. The first-order valence-electron chi connectivity index (χ1n) is 8.86. The highest BCUT2D eigenvalue weighted by Gasteiger charge is 2.11. The summed E-state index contributed by atoms with van der Waals surface area (Å²) < 4.78 is 5.13. The van der Waals surface area contributed by atoms with E-state index in [1.165, 1.54) is 4.80 Å². The maximum atomic E-state index is 12.2. The molecule has 0 saturated heterocycles. The summed E-state index contributed by atoms with van der Waals surface area (Å²) in [5, 5.41) is 14.9. The zero-order valence-corrected chi connectivity index (χ0v) is 15.9. The van der Waals surface area contributed by atoms with Crippen molar-refractivity contribution in [1.29, 1.82) is 0 Å². The molecule has 1 amide bonds. The van der Waals surface area contributed by atoms with Gasteiger partial charge >= 0.3 is 5.97 Å². The Morgan fingerprint density at radius 2 is 1.75 bits per heavy atom. The van der Waals surface area contributed by atoms with Gasteiger partial charge in [0.25, 0.3) is 0 Å². The fourth-order valence-electron chi connectivity index (χ4n) is 2.43. The van der Waals surface area contributed by atoms with Gasteiger partial charge in [-0.3, -0.25) is 4.79 Å². The molecule has 3 aromatic rings. The predicted molar refractivity (Wildman–Crippen MR) is 104 cm³/mol. The van der Waals surface area contributed by atoms with Crippen molar-refractivity contribution in [2.24, 2.45) is 0 Å². The van der Waals surface area contributed by atoms with Crippen LogP contribution in [0.3, 0.4) is 0 Å². The van der Waals surface area contributed by atoms with Crippen molar-refractivity contribution in [1.82, 2.24) is 20.2 Å². The van der Waals surface area contributed by atoms with Gasteiger partial charge in [-0.1, -0.05) is 29.8 Å². The van der Waals surface area contributed by atoms with Gasteiger partial charge in [0.1, 0.15) is 6.54 Å². The van der Waals surface area contributed by atoms with Crippen molar-refractivity contribution in [3.63, 3.8) is 0 Å². The molecular weight excluding hydrogens is 358 g/mol. The molecule has 8 nitrogen and oxygen atoms in total. The third kappa shape index (κ3) is 5.00. The fraction of sp³-hybridized carbons (Fsp3) is 0.250. The van der Waals surface area contributed by atoms with Crippen LogP contribution >= 0.6 is 0 Å². The SMILES string of the molecule is Cc1ccc(-c2nnn(CC(=O)Nc3ccc(C(=O)OC(C)C)cc3)n2)cc1. The number of anilines is 1. The Bertz CT molecular complexity index is 962. The number of esters is 1. The number of hydrogen-bond donors (Lipinski definition) is 1. The molecule has 2 aromatic carbocycles. The number of aryl methyl sites for hydroxylation is 1. The number of amides is 1. The van der Waals surface area contributed by atoms with E-state index >= 15 is 0 Å². The van der Waals surface area contributed by atoms with Crippen molar-refractivity contribution in [2.45, 2.75) is 33.4 Å². The zero-order valence-electron chi connectivity index (χ0n) is 15.9. The van der Waals surface area contributed by atoms with E-state index in [9.17, 15) is 9.59 Å². The Morgan fingerprint density at radius 1 is 1.07 bits per heavy atom. The first kappa shape index (κ1) is 19.2. The third-order valence-corrected chi connectivity index (χ3v) is 3.79. The molecule has 28 heavy (non-hydrogen) atoms. The number of rotatable bonds is 6. The van der Waals surface area contributed by atoms with E-state index in [0.717, 1.165) is 11.1 Å². The van der Waals surface area contributed by atoms with Gasteiger partial charge < -0.3 is 10.1 Å². The summed E-state index contributed by atoms with van der Waals surface area (Å²) in [7, 11) is 0. The summed E-state index contributed by atoms with van der Waals surface area (Å²) in [4.78, 5) is 25.3. The third-order valence-electron chi connectivity index (χ3n) is 3.79. The Kier molecular flexibility index (Phi) is 5.78. The molecule has 3 rings (SSSR count). The predicted octanol–water partition coefficient (Wildman–Crippen LogP) is 2.85. The second-order valence-corrected chi connectivity index (χ2v) is 6.59. The molecule has 0 unspecified atom stereocenters. The molecule has 0 bridgehead atoms. The summed E-state index contributed by atoms with van der Waals surface area (Å²) in [5.74, 6) is -0.241. The van der Waals surface area contributed by atoms with Gasteiger partial charge in [-0.15, -0.1) is 10.2 Å². The molecule has 0 atom stereocenters. The van der Waals surface area contributed by atoms with Gasteiger partial charge in [-0.05, 0) is 50.3 Å². The van der Waals surface area contributed by atoms with Gasteiger partial charge in [-0.2, -0.15) is 4.80 Å². The molecule has 144 valence electrons. The van der Waals surface area contributed by atoms with Crippen LogP contribution in [0.25, 0.3) is 11.4 Å². The van der Waals surface area contributed by atoms with Crippen molar-refractivity contribution >= 4 is 17.6 Å².